The maximum atomic E-state index is 12.4. The molecule has 0 saturated carbocycles. The standard InChI is InChI=1S/C16H10Cl3N3O2/c17-9-4-5-10-13(6-9)20-8-22(16(10)24)7-14(23)21-12-3-1-2-11(18)15(12)19/h1-6,8H,7H2,(H,21,23). The van der Waals surface area contributed by atoms with E-state index in [-0.39, 0.29) is 17.1 Å². The first-order valence-electron chi connectivity index (χ1n) is 6.84. The van der Waals surface area contributed by atoms with Crippen LogP contribution in [0.3, 0.4) is 0 Å². The van der Waals surface area contributed by atoms with Crippen molar-refractivity contribution in [1.29, 1.82) is 0 Å². The van der Waals surface area contributed by atoms with Crippen molar-refractivity contribution in [3.63, 3.8) is 0 Å². The molecule has 2 aromatic carbocycles. The highest BCUT2D eigenvalue weighted by molar-refractivity contribution is 6.44. The summed E-state index contributed by atoms with van der Waals surface area (Å²) < 4.78 is 1.21. The number of rotatable bonds is 3. The van der Waals surface area contributed by atoms with E-state index in [1.54, 1.807) is 36.4 Å². The van der Waals surface area contributed by atoms with Crippen molar-refractivity contribution < 1.29 is 4.79 Å². The molecule has 0 radical (unpaired) electrons. The number of aromatic nitrogens is 2. The molecule has 0 unspecified atom stereocenters. The van der Waals surface area contributed by atoms with Crippen LogP contribution in [0.25, 0.3) is 10.9 Å². The molecule has 0 saturated heterocycles. The van der Waals surface area contributed by atoms with E-state index >= 15 is 0 Å². The zero-order valence-corrected chi connectivity index (χ0v) is 14.4. The second-order valence-electron chi connectivity index (χ2n) is 4.99. The molecule has 8 heteroatoms. The van der Waals surface area contributed by atoms with E-state index in [9.17, 15) is 9.59 Å². The van der Waals surface area contributed by atoms with E-state index < -0.39 is 5.91 Å². The Morgan fingerprint density at radius 2 is 1.96 bits per heavy atom. The molecule has 1 N–H and O–H groups in total. The summed E-state index contributed by atoms with van der Waals surface area (Å²) in [5.74, 6) is -0.420. The van der Waals surface area contributed by atoms with Gasteiger partial charge in [0.15, 0.2) is 0 Å². The molecule has 5 nitrogen and oxygen atoms in total. The van der Waals surface area contributed by atoms with Crippen molar-refractivity contribution in [3.8, 4) is 0 Å². The number of anilines is 1. The lowest BCUT2D eigenvalue weighted by Crippen LogP contribution is -2.28. The lowest BCUT2D eigenvalue weighted by Gasteiger charge is -2.10. The van der Waals surface area contributed by atoms with Crippen molar-refractivity contribution in [1.82, 2.24) is 9.55 Å². The lowest BCUT2D eigenvalue weighted by atomic mass is 10.2. The monoisotopic (exact) mass is 381 g/mol. The van der Waals surface area contributed by atoms with Gasteiger partial charge < -0.3 is 5.32 Å². The van der Waals surface area contributed by atoms with Crippen LogP contribution in [0.4, 0.5) is 5.69 Å². The van der Waals surface area contributed by atoms with Gasteiger partial charge in [-0.05, 0) is 30.3 Å². The van der Waals surface area contributed by atoms with Gasteiger partial charge in [0, 0.05) is 5.02 Å². The highest BCUT2D eigenvalue weighted by atomic mass is 35.5. The molecular formula is C16H10Cl3N3O2. The smallest absolute Gasteiger partial charge is 0.261 e. The van der Waals surface area contributed by atoms with Gasteiger partial charge in [0.2, 0.25) is 5.91 Å². The summed E-state index contributed by atoms with van der Waals surface area (Å²) >= 11 is 17.8. The van der Waals surface area contributed by atoms with E-state index in [1.165, 1.54) is 10.9 Å². The van der Waals surface area contributed by atoms with Crippen LogP contribution in [0.15, 0.2) is 47.5 Å². The predicted molar refractivity (Wildman–Crippen MR) is 96.1 cm³/mol. The minimum atomic E-state index is -0.420. The number of nitrogens with one attached hydrogen (secondary N) is 1. The van der Waals surface area contributed by atoms with Crippen LogP contribution in [0.2, 0.25) is 15.1 Å². The first-order valence-corrected chi connectivity index (χ1v) is 7.97. The van der Waals surface area contributed by atoms with Gasteiger partial charge in [0.25, 0.3) is 5.56 Å². The topological polar surface area (TPSA) is 64.0 Å². The molecule has 0 aliphatic heterocycles. The van der Waals surface area contributed by atoms with Gasteiger partial charge in [0.1, 0.15) is 6.54 Å². The Kier molecular flexibility index (Phi) is 4.76. The molecule has 3 aromatic rings. The molecule has 3 rings (SSSR count). The van der Waals surface area contributed by atoms with Crippen molar-refractivity contribution in [2.24, 2.45) is 0 Å². The number of hydrogen-bond acceptors (Lipinski definition) is 3. The van der Waals surface area contributed by atoms with Gasteiger partial charge in [-0.25, -0.2) is 4.98 Å². The lowest BCUT2D eigenvalue weighted by molar-refractivity contribution is -0.116. The number of carbonyl (C=O) groups is 1. The third-order valence-corrected chi connectivity index (χ3v) is 4.38. The van der Waals surface area contributed by atoms with Crippen LogP contribution >= 0.6 is 34.8 Å². The quantitative estimate of drug-likeness (QED) is 0.745. The molecule has 24 heavy (non-hydrogen) atoms. The molecule has 1 amide bonds. The molecule has 0 spiro atoms. The fraction of sp³-hybridized carbons (Fsp3) is 0.0625. The first kappa shape index (κ1) is 16.8. The van der Waals surface area contributed by atoms with E-state index in [0.29, 0.717) is 26.6 Å². The number of amides is 1. The van der Waals surface area contributed by atoms with Crippen LogP contribution < -0.4 is 10.9 Å². The highest BCUT2D eigenvalue weighted by Crippen LogP contribution is 2.29. The van der Waals surface area contributed by atoms with Crippen molar-refractivity contribution >= 4 is 57.3 Å². The Bertz CT molecular complexity index is 1000. The maximum absolute atomic E-state index is 12.4. The van der Waals surface area contributed by atoms with Crippen molar-refractivity contribution in [3.05, 3.63) is 68.1 Å². The molecule has 1 aromatic heterocycles. The molecule has 1 heterocycles. The molecule has 0 atom stereocenters. The number of benzene rings is 2. The zero-order valence-electron chi connectivity index (χ0n) is 12.1. The van der Waals surface area contributed by atoms with E-state index in [2.05, 4.69) is 10.3 Å². The Balaban J connectivity index is 1.86. The molecule has 0 aliphatic carbocycles. The summed E-state index contributed by atoms with van der Waals surface area (Å²) in [5.41, 5.74) is 0.522. The van der Waals surface area contributed by atoms with Crippen molar-refractivity contribution in [2.45, 2.75) is 6.54 Å². The molecule has 0 aliphatic rings. The van der Waals surface area contributed by atoms with E-state index in [4.69, 9.17) is 34.8 Å². The average molecular weight is 383 g/mol. The molecule has 0 bridgehead atoms. The third kappa shape index (κ3) is 3.38. The number of carbonyl (C=O) groups excluding carboxylic acids is 1. The molecule has 122 valence electrons. The Morgan fingerprint density at radius 1 is 1.17 bits per heavy atom. The Morgan fingerprint density at radius 3 is 2.75 bits per heavy atom. The van der Waals surface area contributed by atoms with Crippen LogP contribution in [-0.2, 0) is 11.3 Å². The minimum absolute atomic E-state index is 0.201. The first-order chi connectivity index (χ1) is 11.5. The SMILES string of the molecule is O=C(Cn1cnc2cc(Cl)ccc2c1=O)Nc1cccc(Cl)c1Cl. The average Bonchev–Trinajstić information content (AvgIpc) is 2.54. The summed E-state index contributed by atoms with van der Waals surface area (Å²) in [5, 5.41) is 4.06. The summed E-state index contributed by atoms with van der Waals surface area (Å²) in [7, 11) is 0. The molecule has 0 fully saturated rings. The summed E-state index contributed by atoms with van der Waals surface area (Å²) in [6.45, 7) is -0.201. The summed E-state index contributed by atoms with van der Waals surface area (Å²) in [4.78, 5) is 28.7. The maximum Gasteiger partial charge on any atom is 0.261 e. The number of hydrogen-bond donors (Lipinski definition) is 1. The van der Waals surface area contributed by atoms with Gasteiger partial charge in [-0.3, -0.25) is 14.2 Å². The van der Waals surface area contributed by atoms with Gasteiger partial charge in [0.05, 0.1) is 33.0 Å². The van der Waals surface area contributed by atoms with E-state index in [1.807, 2.05) is 0 Å². The summed E-state index contributed by atoms with van der Waals surface area (Å²) in [6, 6.07) is 9.67. The van der Waals surface area contributed by atoms with Gasteiger partial charge in [-0.1, -0.05) is 40.9 Å². The zero-order chi connectivity index (χ0) is 17.3. The van der Waals surface area contributed by atoms with E-state index in [0.717, 1.165) is 0 Å². The van der Waals surface area contributed by atoms with Crippen LogP contribution in [0.5, 0.6) is 0 Å². The van der Waals surface area contributed by atoms with Crippen molar-refractivity contribution in [2.75, 3.05) is 5.32 Å². The second kappa shape index (κ2) is 6.81. The van der Waals surface area contributed by atoms with Crippen LogP contribution in [-0.4, -0.2) is 15.5 Å². The minimum Gasteiger partial charge on any atom is -0.323 e. The highest BCUT2D eigenvalue weighted by Gasteiger charge is 2.11. The number of halogens is 3. The molecular weight excluding hydrogens is 373 g/mol. The fourth-order valence-electron chi connectivity index (χ4n) is 2.19. The third-order valence-electron chi connectivity index (χ3n) is 3.33. The number of fused-ring (bicyclic) bond motifs is 1. The van der Waals surface area contributed by atoms with Gasteiger partial charge >= 0.3 is 0 Å². The normalized spacial score (nSPS) is 10.8. The number of nitrogens with zero attached hydrogens (tertiary/aromatic N) is 2. The van der Waals surface area contributed by atoms with Crippen LogP contribution in [0.1, 0.15) is 0 Å². The second-order valence-corrected chi connectivity index (χ2v) is 6.21. The largest absolute Gasteiger partial charge is 0.323 e. The Labute approximate surface area is 151 Å². The predicted octanol–water partition coefficient (Wildman–Crippen LogP) is 4.00. The van der Waals surface area contributed by atoms with Gasteiger partial charge in [-0.2, -0.15) is 0 Å². The van der Waals surface area contributed by atoms with Gasteiger partial charge in [-0.15, -0.1) is 0 Å². The fourth-order valence-corrected chi connectivity index (χ4v) is 2.70. The summed E-state index contributed by atoms with van der Waals surface area (Å²) in [6.07, 6.45) is 1.31. The Hall–Kier alpha value is -2.08. The van der Waals surface area contributed by atoms with Crippen LogP contribution in [0, 0.1) is 0 Å².